The zero-order valence-corrected chi connectivity index (χ0v) is 11.4. The van der Waals surface area contributed by atoms with Crippen LogP contribution in [-0.2, 0) is 0 Å². The number of aromatic hydroxyl groups is 1. The monoisotopic (exact) mass is 305 g/mol. The van der Waals surface area contributed by atoms with Gasteiger partial charge in [-0.25, -0.2) is 0 Å². The molecule has 0 bridgehead atoms. The number of aryl methyl sites for hydroxylation is 1. The zero-order valence-electron chi connectivity index (χ0n) is 9.77. The van der Waals surface area contributed by atoms with Crippen molar-refractivity contribution in [1.82, 2.24) is 0 Å². The number of hydrogen-bond acceptors (Lipinski definition) is 2. The van der Waals surface area contributed by atoms with Gasteiger partial charge in [0.2, 0.25) is 0 Å². The molecule has 0 aliphatic heterocycles. The van der Waals surface area contributed by atoms with E-state index in [1.54, 1.807) is 30.3 Å². The maximum absolute atomic E-state index is 11.9. The van der Waals surface area contributed by atoms with E-state index >= 15 is 0 Å². The minimum Gasteiger partial charge on any atom is -0.507 e. The molecular formula is C14H12BrNO2. The van der Waals surface area contributed by atoms with Gasteiger partial charge in [0.1, 0.15) is 5.75 Å². The van der Waals surface area contributed by atoms with Crippen LogP contribution in [0.1, 0.15) is 15.9 Å². The average molecular weight is 306 g/mol. The molecule has 0 spiro atoms. The van der Waals surface area contributed by atoms with Crippen LogP contribution < -0.4 is 5.32 Å². The van der Waals surface area contributed by atoms with Gasteiger partial charge in [-0.15, -0.1) is 0 Å². The largest absolute Gasteiger partial charge is 0.507 e. The third kappa shape index (κ3) is 2.90. The molecule has 0 saturated heterocycles. The molecule has 2 N–H and O–H groups in total. The first-order valence-electron chi connectivity index (χ1n) is 5.43. The van der Waals surface area contributed by atoms with Crippen molar-refractivity contribution in [1.29, 1.82) is 0 Å². The standard InChI is InChI=1S/C14H12BrNO2/c1-9-2-7-12(13(17)8-9)14(18)16-11-5-3-10(15)4-6-11/h2-8,17H,1H3,(H,16,18). The second-order valence-corrected chi connectivity index (χ2v) is 4.90. The molecular weight excluding hydrogens is 294 g/mol. The van der Waals surface area contributed by atoms with E-state index in [0.29, 0.717) is 5.69 Å². The first-order valence-corrected chi connectivity index (χ1v) is 6.22. The molecule has 2 rings (SSSR count). The summed E-state index contributed by atoms with van der Waals surface area (Å²) in [6, 6.07) is 12.2. The smallest absolute Gasteiger partial charge is 0.259 e. The van der Waals surface area contributed by atoms with Crippen LogP contribution in [0, 0.1) is 6.92 Å². The quantitative estimate of drug-likeness (QED) is 0.888. The second-order valence-electron chi connectivity index (χ2n) is 3.98. The van der Waals surface area contributed by atoms with Crippen molar-refractivity contribution in [3.8, 4) is 5.75 Å². The zero-order chi connectivity index (χ0) is 13.1. The number of rotatable bonds is 2. The summed E-state index contributed by atoms with van der Waals surface area (Å²) in [6.45, 7) is 1.86. The number of amides is 1. The van der Waals surface area contributed by atoms with E-state index in [1.807, 2.05) is 19.1 Å². The molecule has 0 aliphatic carbocycles. The van der Waals surface area contributed by atoms with Crippen molar-refractivity contribution in [2.24, 2.45) is 0 Å². The second kappa shape index (κ2) is 5.23. The van der Waals surface area contributed by atoms with Crippen molar-refractivity contribution in [3.63, 3.8) is 0 Å². The molecule has 0 aromatic heterocycles. The number of nitrogens with one attached hydrogen (secondary N) is 1. The Hall–Kier alpha value is -1.81. The summed E-state index contributed by atoms with van der Waals surface area (Å²) >= 11 is 3.32. The number of hydrogen-bond donors (Lipinski definition) is 2. The van der Waals surface area contributed by atoms with Gasteiger partial charge in [-0.3, -0.25) is 4.79 Å². The van der Waals surface area contributed by atoms with Crippen LogP contribution in [0.5, 0.6) is 5.75 Å². The number of halogens is 1. The number of phenolic OH excluding ortho intramolecular Hbond substituents is 1. The summed E-state index contributed by atoms with van der Waals surface area (Å²) < 4.78 is 0.943. The molecule has 0 unspecified atom stereocenters. The number of carbonyl (C=O) groups is 1. The highest BCUT2D eigenvalue weighted by atomic mass is 79.9. The van der Waals surface area contributed by atoms with Gasteiger partial charge in [0.25, 0.3) is 5.91 Å². The van der Waals surface area contributed by atoms with Crippen molar-refractivity contribution in [2.45, 2.75) is 6.92 Å². The fraction of sp³-hybridized carbons (Fsp3) is 0.0714. The third-order valence-electron chi connectivity index (χ3n) is 2.50. The van der Waals surface area contributed by atoms with Crippen LogP contribution >= 0.6 is 15.9 Å². The van der Waals surface area contributed by atoms with E-state index in [1.165, 1.54) is 0 Å². The number of anilines is 1. The predicted molar refractivity (Wildman–Crippen MR) is 74.9 cm³/mol. The molecule has 92 valence electrons. The molecule has 1 amide bonds. The summed E-state index contributed by atoms with van der Waals surface area (Å²) in [5.41, 5.74) is 1.86. The van der Waals surface area contributed by atoms with Gasteiger partial charge in [-0.05, 0) is 48.9 Å². The van der Waals surface area contributed by atoms with Gasteiger partial charge < -0.3 is 10.4 Å². The van der Waals surface area contributed by atoms with Crippen LogP contribution in [0.2, 0.25) is 0 Å². The maximum atomic E-state index is 11.9. The SMILES string of the molecule is Cc1ccc(C(=O)Nc2ccc(Br)cc2)c(O)c1. The summed E-state index contributed by atoms with van der Waals surface area (Å²) in [7, 11) is 0. The first-order chi connectivity index (χ1) is 8.56. The van der Waals surface area contributed by atoms with Crippen LogP contribution in [-0.4, -0.2) is 11.0 Å². The van der Waals surface area contributed by atoms with Gasteiger partial charge >= 0.3 is 0 Å². The van der Waals surface area contributed by atoms with Gasteiger partial charge in [0.15, 0.2) is 0 Å². The lowest BCUT2D eigenvalue weighted by molar-refractivity contribution is 0.102. The highest BCUT2D eigenvalue weighted by molar-refractivity contribution is 9.10. The fourth-order valence-corrected chi connectivity index (χ4v) is 1.83. The Morgan fingerprint density at radius 1 is 1.17 bits per heavy atom. The maximum Gasteiger partial charge on any atom is 0.259 e. The topological polar surface area (TPSA) is 49.3 Å². The lowest BCUT2D eigenvalue weighted by Crippen LogP contribution is -2.11. The molecule has 0 atom stereocenters. The summed E-state index contributed by atoms with van der Waals surface area (Å²) in [4.78, 5) is 11.9. The number of benzene rings is 2. The van der Waals surface area contributed by atoms with E-state index in [9.17, 15) is 9.90 Å². The molecule has 4 heteroatoms. The predicted octanol–water partition coefficient (Wildman–Crippen LogP) is 3.72. The lowest BCUT2D eigenvalue weighted by Gasteiger charge is -2.07. The van der Waals surface area contributed by atoms with E-state index in [4.69, 9.17) is 0 Å². The van der Waals surface area contributed by atoms with Crippen molar-refractivity contribution < 1.29 is 9.90 Å². The Balaban J connectivity index is 2.19. The third-order valence-corrected chi connectivity index (χ3v) is 3.03. The summed E-state index contributed by atoms with van der Waals surface area (Å²) in [5, 5.41) is 12.4. The minimum atomic E-state index is -0.324. The van der Waals surface area contributed by atoms with Crippen molar-refractivity contribution in [2.75, 3.05) is 5.32 Å². The van der Waals surface area contributed by atoms with E-state index < -0.39 is 0 Å². The van der Waals surface area contributed by atoms with Crippen molar-refractivity contribution in [3.05, 3.63) is 58.1 Å². The molecule has 0 heterocycles. The van der Waals surface area contributed by atoms with Crippen molar-refractivity contribution >= 4 is 27.5 Å². The Morgan fingerprint density at radius 2 is 1.83 bits per heavy atom. The van der Waals surface area contributed by atoms with E-state index in [-0.39, 0.29) is 17.2 Å². The minimum absolute atomic E-state index is 0.00962. The Labute approximate surface area is 114 Å². The van der Waals surface area contributed by atoms with Gasteiger partial charge in [0.05, 0.1) is 5.56 Å². The molecule has 0 radical (unpaired) electrons. The molecule has 0 fully saturated rings. The van der Waals surface area contributed by atoms with Gasteiger partial charge in [0, 0.05) is 10.2 Å². The molecule has 0 saturated carbocycles. The van der Waals surface area contributed by atoms with Crippen LogP contribution in [0.15, 0.2) is 46.9 Å². The summed E-state index contributed by atoms with van der Waals surface area (Å²) in [5.74, 6) is -0.334. The summed E-state index contributed by atoms with van der Waals surface area (Å²) in [6.07, 6.45) is 0. The highest BCUT2D eigenvalue weighted by Gasteiger charge is 2.10. The Bertz CT molecular complexity index is 579. The Kier molecular flexibility index (Phi) is 3.67. The van der Waals surface area contributed by atoms with Gasteiger partial charge in [-0.2, -0.15) is 0 Å². The average Bonchev–Trinajstić information content (AvgIpc) is 2.32. The van der Waals surface area contributed by atoms with E-state index in [2.05, 4.69) is 21.2 Å². The first kappa shape index (κ1) is 12.6. The highest BCUT2D eigenvalue weighted by Crippen LogP contribution is 2.20. The molecule has 2 aromatic rings. The van der Waals surface area contributed by atoms with Crippen LogP contribution in [0.4, 0.5) is 5.69 Å². The fourth-order valence-electron chi connectivity index (χ4n) is 1.57. The number of phenols is 1. The Morgan fingerprint density at radius 3 is 2.44 bits per heavy atom. The molecule has 2 aromatic carbocycles. The number of carbonyl (C=O) groups excluding carboxylic acids is 1. The lowest BCUT2D eigenvalue weighted by atomic mass is 10.1. The van der Waals surface area contributed by atoms with Gasteiger partial charge in [-0.1, -0.05) is 22.0 Å². The molecule has 18 heavy (non-hydrogen) atoms. The van der Waals surface area contributed by atoms with E-state index in [0.717, 1.165) is 10.0 Å². The molecule has 0 aliphatic rings. The molecule has 3 nitrogen and oxygen atoms in total. The van der Waals surface area contributed by atoms with Crippen LogP contribution in [0.3, 0.4) is 0 Å². The van der Waals surface area contributed by atoms with Crippen LogP contribution in [0.25, 0.3) is 0 Å². The normalized spacial score (nSPS) is 10.1.